The molecule has 2 aromatic carbocycles. The number of ether oxygens (including phenoxy) is 1. The Balaban J connectivity index is 1.39. The van der Waals surface area contributed by atoms with Crippen molar-refractivity contribution in [2.24, 2.45) is 7.05 Å². The predicted octanol–water partition coefficient (Wildman–Crippen LogP) is 5.71. The lowest BCUT2D eigenvalue weighted by atomic mass is 9.96. The Hall–Kier alpha value is -4.87. The van der Waals surface area contributed by atoms with Crippen LogP contribution in [0.5, 0.6) is 0 Å². The Morgan fingerprint density at radius 1 is 1.10 bits per heavy atom. The van der Waals surface area contributed by atoms with Crippen LogP contribution in [-0.4, -0.2) is 96.4 Å². The number of aromatic nitrogens is 2. The van der Waals surface area contributed by atoms with Crippen LogP contribution in [0.1, 0.15) is 28.8 Å². The van der Waals surface area contributed by atoms with Gasteiger partial charge in [0.05, 0.1) is 52.5 Å². The number of morpholine rings is 1. The molecular formula is C38H39ClF3N7O3. The minimum absolute atomic E-state index is 0.0389. The second-order valence-corrected chi connectivity index (χ2v) is 13.3. The summed E-state index contributed by atoms with van der Waals surface area (Å²) in [5.74, 6) is 5.59. The zero-order valence-corrected chi connectivity index (χ0v) is 29.6. The van der Waals surface area contributed by atoms with E-state index in [1.54, 1.807) is 30.5 Å². The van der Waals surface area contributed by atoms with Crippen molar-refractivity contribution in [3.05, 3.63) is 77.0 Å². The summed E-state index contributed by atoms with van der Waals surface area (Å²) in [6.45, 7) is 2.96. The fourth-order valence-electron chi connectivity index (χ4n) is 6.63. The van der Waals surface area contributed by atoms with Gasteiger partial charge in [-0.1, -0.05) is 47.7 Å². The number of rotatable bonds is 8. The number of pyridine rings is 1. The summed E-state index contributed by atoms with van der Waals surface area (Å²) < 4.78 is 45.8. The fourth-order valence-corrected chi connectivity index (χ4v) is 6.89. The monoisotopic (exact) mass is 733 g/mol. The Morgan fingerprint density at radius 2 is 1.83 bits per heavy atom. The van der Waals surface area contributed by atoms with Crippen molar-refractivity contribution in [3.8, 4) is 34.2 Å². The highest BCUT2D eigenvalue weighted by atomic mass is 35.5. The quantitative estimate of drug-likeness (QED) is 0.157. The van der Waals surface area contributed by atoms with E-state index in [4.69, 9.17) is 22.1 Å². The number of nitrogens with zero attached hydrogens (tertiary/aromatic N) is 4. The first-order valence-electron chi connectivity index (χ1n) is 16.9. The molecule has 0 aliphatic carbocycles. The second kappa shape index (κ2) is 15.8. The largest absolute Gasteiger partial charge is 0.405 e. The standard InChI is InChI=1S/C38H39ClF3N7O3/c1-47-15-4-6-28(47)12-14-31(50)46-27-10-7-24(8-11-27)34-32(25-9-13-29(30(39)21-25)37(51)45-23-38(40,41)42)33-35(48(34)2)26(22-44-36(33)43)5-3-16-49-17-19-52-20-18-49/h7-14,21-22,28H,4,6,15-20,23H2,1-2H3,(H2,43,44)(H,45,51)(H,46,50)/b14-12+/t28-/m1/s1. The van der Waals surface area contributed by atoms with E-state index in [1.807, 2.05) is 42.2 Å². The lowest BCUT2D eigenvalue weighted by molar-refractivity contribution is -0.123. The summed E-state index contributed by atoms with van der Waals surface area (Å²) in [7, 11) is 3.93. The number of benzene rings is 2. The maximum absolute atomic E-state index is 12.8. The van der Waals surface area contributed by atoms with Crippen molar-refractivity contribution in [3.63, 3.8) is 0 Å². The Morgan fingerprint density at radius 3 is 2.50 bits per heavy atom. The number of nitrogens with one attached hydrogen (secondary N) is 2. The van der Waals surface area contributed by atoms with Gasteiger partial charge >= 0.3 is 6.18 Å². The fraction of sp³-hybridized carbons (Fsp3) is 0.342. The van der Waals surface area contributed by atoms with Crippen LogP contribution < -0.4 is 16.4 Å². The number of halogens is 4. The third kappa shape index (κ3) is 8.43. The third-order valence-electron chi connectivity index (χ3n) is 9.29. The molecule has 272 valence electrons. The molecule has 4 heterocycles. The van der Waals surface area contributed by atoms with E-state index in [2.05, 4.69) is 31.9 Å². The highest BCUT2D eigenvalue weighted by Gasteiger charge is 2.29. The van der Waals surface area contributed by atoms with Crippen LogP contribution in [0.25, 0.3) is 33.3 Å². The molecule has 0 bridgehead atoms. The van der Waals surface area contributed by atoms with Gasteiger partial charge in [0.1, 0.15) is 12.4 Å². The van der Waals surface area contributed by atoms with Gasteiger partial charge in [-0.05, 0) is 61.8 Å². The van der Waals surface area contributed by atoms with Crippen molar-refractivity contribution < 1.29 is 27.5 Å². The molecule has 2 amide bonds. The van der Waals surface area contributed by atoms with E-state index in [9.17, 15) is 22.8 Å². The van der Waals surface area contributed by atoms with E-state index >= 15 is 0 Å². The summed E-state index contributed by atoms with van der Waals surface area (Å²) in [4.78, 5) is 34.3. The number of hydrogen-bond acceptors (Lipinski definition) is 7. The van der Waals surface area contributed by atoms with Gasteiger partial charge in [-0.25, -0.2) is 4.98 Å². The number of anilines is 2. The van der Waals surface area contributed by atoms with Gasteiger partial charge in [0, 0.05) is 49.7 Å². The van der Waals surface area contributed by atoms with E-state index < -0.39 is 18.6 Å². The molecule has 1 atom stereocenters. The minimum atomic E-state index is -4.57. The number of likely N-dealkylation sites (tertiary alicyclic amines) is 1. The summed E-state index contributed by atoms with van der Waals surface area (Å²) in [5, 5.41) is 5.35. The first kappa shape index (κ1) is 36.9. The van der Waals surface area contributed by atoms with Crippen LogP contribution in [0, 0.1) is 11.8 Å². The smallest absolute Gasteiger partial charge is 0.383 e. The molecular weight excluding hydrogens is 695 g/mol. The van der Waals surface area contributed by atoms with Gasteiger partial charge < -0.3 is 25.7 Å². The van der Waals surface area contributed by atoms with Gasteiger partial charge in [0.2, 0.25) is 5.91 Å². The number of amides is 2. The molecule has 4 aromatic rings. The lowest BCUT2D eigenvalue weighted by Gasteiger charge is -2.24. The molecule has 2 aromatic heterocycles. The molecule has 52 heavy (non-hydrogen) atoms. The molecule has 4 N–H and O–H groups in total. The zero-order chi connectivity index (χ0) is 37.0. The lowest BCUT2D eigenvalue weighted by Crippen LogP contribution is -2.36. The minimum Gasteiger partial charge on any atom is -0.383 e. The number of likely N-dealkylation sites (N-methyl/N-ethyl adjacent to an activating group) is 1. The van der Waals surface area contributed by atoms with Gasteiger partial charge in [-0.15, -0.1) is 0 Å². The number of carbonyl (C=O) groups excluding carboxylic acids is 2. The maximum atomic E-state index is 12.8. The van der Waals surface area contributed by atoms with Gasteiger partial charge in [0.25, 0.3) is 5.91 Å². The topological polar surface area (TPSA) is 118 Å². The summed E-state index contributed by atoms with van der Waals surface area (Å²) >= 11 is 6.56. The summed E-state index contributed by atoms with van der Waals surface area (Å²) in [6.07, 6.45) is 2.67. The number of fused-ring (bicyclic) bond motifs is 1. The van der Waals surface area contributed by atoms with E-state index in [1.165, 1.54) is 12.1 Å². The molecule has 14 heteroatoms. The van der Waals surface area contributed by atoms with Crippen molar-refractivity contribution >= 4 is 45.8 Å². The number of aryl methyl sites for hydroxylation is 1. The van der Waals surface area contributed by atoms with Crippen molar-refractivity contribution in [2.75, 3.05) is 64.0 Å². The number of nitrogens with two attached hydrogens (primary N) is 1. The van der Waals surface area contributed by atoms with Crippen LogP contribution >= 0.6 is 11.6 Å². The maximum Gasteiger partial charge on any atom is 0.405 e. The Bertz CT molecular complexity index is 2060. The van der Waals surface area contributed by atoms with Crippen LogP contribution in [0.4, 0.5) is 24.7 Å². The third-order valence-corrected chi connectivity index (χ3v) is 9.60. The normalized spacial score (nSPS) is 17.0. The van der Waals surface area contributed by atoms with E-state index in [0.717, 1.165) is 49.2 Å². The Kier molecular flexibility index (Phi) is 11.2. The van der Waals surface area contributed by atoms with Crippen LogP contribution in [0.3, 0.4) is 0 Å². The van der Waals surface area contributed by atoms with Gasteiger partial charge in [-0.3, -0.25) is 19.4 Å². The number of carbonyl (C=O) groups is 2. The van der Waals surface area contributed by atoms with Gasteiger partial charge in [-0.2, -0.15) is 13.2 Å². The molecule has 2 aliphatic rings. The number of alkyl halides is 3. The van der Waals surface area contributed by atoms with E-state index in [-0.39, 0.29) is 28.4 Å². The molecule has 2 aliphatic heterocycles. The second-order valence-electron chi connectivity index (χ2n) is 12.9. The molecule has 0 unspecified atom stereocenters. The summed E-state index contributed by atoms with van der Waals surface area (Å²) in [6, 6.07) is 12.1. The zero-order valence-electron chi connectivity index (χ0n) is 28.8. The van der Waals surface area contributed by atoms with Gasteiger partial charge in [0.15, 0.2) is 0 Å². The SMILES string of the molecule is CN1CCC[C@@H]1/C=C/C(=O)Nc1ccc(-c2c(-c3ccc(C(=O)NCC(F)(F)F)c(Cl)c3)c3c(N)ncc(C#CCN4CCOCC4)c3n2C)cc1. The highest BCUT2D eigenvalue weighted by Crippen LogP contribution is 2.44. The van der Waals surface area contributed by atoms with E-state index in [0.29, 0.717) is 47.5 Å². The Labute approximate surface area is 304 Å². The molecule has 0 spiro atoms. The average Bonchev–Trinajstić information content (AvgIpc) is 3.68. The summed E-state index contributed by atoms with van der Waals surface area (Å²) in [5.41, 5.74) is 11.1. The van der Waals surface area contributed by atoms with Crippen molar-refractivity contribution in [1.82, 2.24) is 24.7 Å². The van der Waals surface area contributed by atoms with Crippen LogP contribution in [-0.2, 0) is 16.6 Å². The first-order valence-corrected chi connectivity index (χ1v) is 17.3. The predicted molar refractivity (Wildman–Crippen MR) is 197 cm³/mol. The number of nitrogen functional groups attached to an aromatic ring is 1. The molecule has 6 rings (SSSR count). The molecule has 10 nitrogen and oxygen atoms in total. The highest BCUT2D eigenvalue weighted by molar-refractivity contribution is 6.34. The molecule has 2 fully saturated rings. The van der Waals surface area contributed by atoms with Crippen LogP contribution in [0.2, 0.25) is 5.02 Å². The molecule has 0 saturated carbocycles. The van der Waals surface area contributed by atoms with Crippen LogP contribution in [0.15, 0.2) is 60.8 Å². The number of hydrogen-bond donors (Lipinski definition) is 3. The van der Waals surface area contributed by atoms with Crippen molar-refractivity contribution in [2.45, 2.75) is 25.1 Å². The van der Waals surface area contributed by atoms with Crippen molar-refractivity contribution in [1.29, 1.82) is 0 Å². The first-order chi connectivity index (χ1) is 24.9. The molecule has 0 radical (unpaired) electrons. The average molecular weight is 734 g/mol. The molecule has 2 saturated heterocycles.